The van der Waals surface area contributed by atoms with Crippen LogP contribution < -0.4 is 0 Å². The maximum atomic E-state index is 2.83. The second-order valence-corrected chi connectivity index (χ2v) is 8.07. The Balaban J connectivity index is 1.26. The predicted octanol–water partition coefficient (Wildman–Crippen LogP) is 4.16. The summed E-state index contributed by atoms with van der Waals surface area (Å²) < 4.78 is 0. The summed E-state index contributed by atoms with van der Waals surface area (Å²) in [5.41, 5.74) is 1.46. The van der Waals surface area contributed by atoms with Crippen molar-refractivity contribution in [2.75, 3.05) is 26.2 Å². The molecule has 2 saturated carbocycles. The van der Waals surface area contributed by atoms with Crippen LogP contribution in [0, 0.1) is 11.8 Å². The van der Waals surface area contributed by atoms with E-state index in [4.69, 9.17) is 0 Å². The molecule has 0 amide bonds. The van der Waals surface area contributed by atoms with Crippen molar-refractivity contribution in [2.24, 2.45) is 11.8 Å². The molecule has 3 fully saturated rings. The molecule has 23 heavy (non-hydrogen) atoms. The zero-order valence-electron chi connectivity index (χ0n) is 14.5. The number of benzene rings is 1. The minimum Gasteiger partial charge on any atom is -0.298 e. The summed E-state index contributed by atoms with van der Waals surface area (Å²) in [5.74, 6) is 2.14. The Labute approximate surface area is 141 Å². The van der Waals surface area contributed by atoms with Crippen molar-refractivity contribution < 1.29 is 0 Å². The molecule has 0 N–H and O–H groups in total. The van der Waals surface area contributed by atoms with E-state index in [1.807, 2.05) is 0 Å². The van der Waals surface area contributed by atoms with Gasteiger partial charge in [-0.05, 0) is 36.7 Å². The summed E-state index contributed by atoms with van der Waals surface area (Å²) in [7, 11) is 0. The molecule has 126 valence electrons. The molecule has 1 heterocycles. The van der Waals surface area contributed by atoms with E-state index in [0.29, 0.717) is 0 Å². The van der Waals surface area contributed by atoms with Crippen LogP contribution >= 0.6 is 0 Å². The molecule has 0 spiro atoms. The van der Waals surface area contributed by atoms with Crippen LogP contribution in [0.25, 0.3) is 0 Å². The summed E-state index contributed by atoms with van der Waals surface area (Å²) in [6.45, 7) is 6.20. The highest BCUT2D eigenvalue weighted by Crippen LogP contribution is 2.41. The van der Waals surface area contributed by atoms with Crippen molar-refractivity contribution in [3.8, 4) is 0 Å². The zero-order chi connectivity index (χ0) is 15.5. The minimum absolute atomic E-state index is 0.897. The Morgan fingerprint density at radius 2 is 1.52 bits per heavy atom. The van der Waals surface area contributed by atoms with Crippen molar-refractivity contribution in [3.05, 3.63) is 35.9 Å². The number of rotatable bonds is 3. The average Bonchev–Trinajstić information content (AvgIpc) is 2.63. The number of fused-ring (bicyclic) bond motifs is 1. The molecule has 0 radical (unpaired) electrons. The molecule has 2 aliphatic carbocycles. The van der Waals surface area contributed by atoms with E-state index >= 15 is 0 Å². The lowest BCUT2D eigenvalue weighted by Crippen LogP contribution is -2.51. The molecule has 0 bridgehead atoms. The molecule has 1 saturated heterocycles. The first-order chi connectivity index (χ1) is 11.4. The Morgan fingerprint density at radius 1 is 0.783 bits per heavy atom. The quantitative estimate of drug-likeness (QED) is 0.827. The molecule has 3 unspecified atom stereocenters. The van der Waals surface area contributed by atoms with Crippen LogP contribution in [-0.4, -0.2) is 42.0 Å². The fraction of sp³-hybridized carbons (Fsp3) is 0.714. The molecule has 4 rings (SSSR count). The summed E-state index contributed by atoms with van der Waals surface area (Å²) in [6.07, 6.45) is 10.5. The maximum Gasteiger partial charge on any atom is 0.0234 e. The first-order valence-electron chi connectivity index (χ1n) is 9.89. The van der Waals surface area contributed by atoms with Gasteiger partial charge in [0.15, 0.2) is 0 Å². The number of hydrogen-bond donors (Lipinski definition) is 0. The van der Waals surface area contributed by atoms with Crippen molar-refractivity contribution in [2.45, 2.75) is 57.5 Å². The van der Waals surface area contributed by atoms with Gasteiger partial charge in [-0.1, -0.05) is 56.0 Å². The van der Waals surface area contributed by atoms with E-state index in [9.17, 15) is 0 Å². The summed E-state index contributed by atoms with van der Waals surface area (Å²) in [5, 5.41) is 0. The Hall–Kier alpha value is -0.860. The van der Waals surface area contributed by atoms with Gasteiger partial charge < -0.3 is 0 Å². The van der Waals surface area contributed by atoms with Gasteiger partial charge in [0.05, 0.1) is 0 Å². The molecule has 1 aromatic rings. The third-order valence-electron chi connectivity index (χ3n) is 6.68. The van der Waals surface area contributed by atoms with Gasteiger partial charge in [0, 0.05) is 38.8 Å². The predicted molar refractivity (Wildman–Crippen MR) is 96.4 cm³/mol. The highest BCUT2D eigenvalue weighted by Gasteiger charge is 2.35. The fourth-order valence-electron chi connectivity index (χ4n) is 5.31. The van der Waals surface area contributed by atoms with Crippen LogP contribution in [0.15, 0.2) is 30.3 Å². The van der Waals surface area contributed by atoms with Gasteiger partial charge in [-0.25, -0.2) is 0 Å². The number of hydrogen-bond acceptors (Lipinski definition) is 2. The molecule has 3 aliphatic rings. The number of piperazine rings is 1. The lowest BCUT2D eigenvalue weighted by molar-refractivity contribution is 0.0373. The van der Waals surface area contributed by atoms with E-state index in [0.717, 1.165) is 24.4 Å². The van der Waals surface area contributed by atoms with Crippen molar-refractivity contribution in [1.29, 1.82) is 0 Å². The lowest BCUT2D eigenvalue weighted by Gasteiger charge is -2.46. The van der Waals surface area contributed by atoms with Crippen molar-refractivity contribution in [3.63, 3.8) is 0 Å². The highest BCUT2D eigenvalue weighted by atomic mass is 15.3. The molecular weight excluding hydrogens is 280 g/mol. The van der Waals surface area contributed by atoms with Crippen LogP contribution in [0.2, 0.25) is 0 Å². The van der Waals surface area contributed by atoms with Gasteiger partial charge in [-0.3, -0.25) is 9.80 Å². The van der Waals surface area contributed by atoms with Crippen molar-refractivity contribution in [1.82, 2.24) is 9.80 Å². The van der Waals surface area contributed by atoms with E-state index in [1.165, 1.54) is 76.7 Å². The number of nitrogens with zero attached hydrogens (tertiary/aromatic N) is 2. The topological polar surface area (TPSA) is 6.48 Å². The first kappa shape index (κ1) is 15.7. The fourth-order valence-corrected chi connectivity index (χ4v) is 5.31. The van der Waals surface area contributed by atoms with Gasteiger partial charge in [-0.15, -0.1) is 0 Å². The average molecular weight is 313 g/mol. The second-order valence-electron chi connectivity index (χ2n) is 8.07. The van der Waals surface area contributed by atoms with E-state index in [-0.39, 0.29) is 0 Å². The monoisotopic (exact) mass is 312 g/mol. The van der Waals surface area contributed by atoms with Crippen LogP contribution in [-0.2, 0) is 6.54 Å². The van der Waals surface area contributed by atoms with Crippen LogP contribution in [0.5, 0.6) is 0 Å². The van der Waals surface area contributed by atoms with Crippen LogP contribution in [0.3, 0.4) is 0 Å². The zero-order valence-corrected chi connectivity index (χ0v) is 14.5. The minimum atomic E-state index is 0.897. The Kier molecular flexibility index (Phi) is 5.01. The van der Waals surface area contributed by atoms with Gasteiger partial charge in [0.25, 0.3) is 0 Å². The molecule has 3 atom stereocenters. The normalized spacial score (nSPS) is 33.3. The second kappa shape index (κ2) is 7.36. The summed E-state index contributed by atoms with van der Waals surface area (Å²) >= 11 is 0. The van der Waals surface area contributed by atoms with E-state index < -0.39 is 0 Å². The first-order valence-corrected chi connectivity index (χ1v) is 9.89. The maximum absolute atomic E-state index is 2.83. The van der Waals surface area contributed by atoms with E-state index in [1.54, 1.807) is 0 Å². The third-order valence-corrected chi connectivity index (χ3v) is 6.68. The summed E-state index contributed by atoms with van der Waals surface area (Å²) in [6, 6.07) is 11.9. The largest absolute Gasteiger partial charge is 0.298 e. The molecular formula is C21H32N2. The smallest absolute Gasteiger partial charge is 0.0234 e. The standard InChI is InChI=1S/C21H32N2/c1-2-6-18(7-3-1)17-22-12-14-23(15-13-22)21-11-10-19-8-4-5-9-20(19)16-21/h1-3,6-7,19-21H,4-5,8-17H2. The lowest BCUT2D eigenvalue weighted by atomic mass is 9.69. The molecule has 0 aromatic heterocycles. The molecule has 1 aliphatic heterocycles. The van der Waals surface area contributed by atoms with Gasteiger partial charge in [0.2, 0.25) is 0 Å². The highest BCUT2D eigenvalue weighted by molar-refractivity contribution is 5.14. The van der Waals surface area contributed by atoms with E-state index in [2.05, 4.69) is 40.1 Å². The molecule has 2 heteroatoms. The SMILES string of the molecule is c1ccc(CN2CCN(C3CCC4CCCCC4C3)CC2)cc1. The van der Waals surface area contributed by atoms with Crippen LogP contribution in [0.1, 0.15) is 50.5 Å². The third kappa shape index (κ3) is 3.80. The Bertz CT molecular complexity index is 478. The van der Waals surface area contributed by atoms with Gasteiger partial charge in [-0.2, -0.15) is 0 Å². The van der Waals surface area contributed by atoms with Gasteiger partial charge >= 0.3 is 0 Å². The molecule has 2 nitrogen and oxygen atoms in total. The molecule has 1 aromatic carbocycles. The summed E-state index contributed by atoms with van der Waals surface area (Å²) in [4.78, 5) is 5.46. The van der Waals surface area contributed by atoms with Gasteiger partial charge in [0.1, 0.15) is 0 Å². The van der Waals surface area contributed by atoms with Crippen molar-refractivity contribution >= 4 is 0 Å². The Morgan fingerprint density at radius 3 is 2.30 bits per heavy atom. The van der Waals surface area contributed by atoms with Crippen LogP contribution in [0.4, 0.5) is 0 Å².